The second-order valence-electron chi connectivity index (χ2n) is 5.56. The van der Waals surface area contributed by atoms with Crippen molar-refractivity contribution in [2.24, 2.45) is 0 Å². The molecule has 134 valence electrons. The molecule has 0 aliphatic carbocycles. The first kappa shape index (κ1) is 18.3. The first-order valence-corrected chi connectivity index (χ1v) is 8.76. The van der Waals surface area contributed by atoms with Gasteiger partial charge in [-0.05, 0) is 24.6 Å². The zero-order valence-corrected chi connectivity index (χ0v) is 14.6. The molecule has 0 saturated carbocycles. The first-order chi connectivity index (χ1) is 12.4. The Hall–Kier alpha value is -2.54. The van der Waals surface area contributed by atoms with E-state index < -0.39 is 11.9 Å². The van der Waals surface area contributed by atoms with Crippen LogP contribution in [0, 0.1) is 6.92 Å². The Kier molecular flexibility index (Phi) is 5.46. The number of hydrogen-bond acceptors (Lipinski definition) is 4. The van der Waals surface area contributed by atoms with Crippen molar-refractivity contribution in [3.8, 4) is 11.6 Å². The Bertz CT molecular complexity index is 885. The molecule has 0 N–H and O–H groups in total. The van der Waals surface area contributed by atoms with Crippen LogP contribution >= 0.6 is 11.8 Å². The van der Waals surface area contributed by atoms with Crippen molar-refractivity contribution in [1.29, 1.82) is 0 Å². The van der Waals surface area contributed by atoms with Gasteiger partial charge in [-0.3, -0.25) is 0 Å². The summed E-state index contributed by atoms with van der Waals surface area (Å²) in [7, 11) is 0. The fraction of sp³-hybridized carbons (Fsp3) is 0.158. The third-order valence-corrected chi connectivity index (χ3v) is 4.31. The van der Waals surface area contributed by atoms with Crippen LogP contribution in [0.15, 0.2) is 65.8 Å². The Morgan fingerprint density at radius 3 is 2.42 bits per heavy atom. The average molecular weight is 376 g/mol. The lowest BCUT2D eigenvalue weighted by Gasteiger charge is -2.11. The summed E-state index contributed by atoms with van der Waals surface area (Å²) >= 11 is 1.14. The van der Waals surface area contributed by atoms with E-state index in [0.717, 1.165) is 29.0 Å². The Morgan fingerprint density at radius 2 is 1.73 bits per heavy atom. The predicted octanol–water partition coefficient (Wildman–Crippen LogP) is 5.89. The summed E-state index contributed by atoms with van der Waals surface area (Å²) in [6, 6.07) is 17.1. The molecule has 26 heavy (non-hydrogen) atoms. The molecular weight excluding hydrogens is 361 g/mol. The summed E-state index contributed by atoms with van der Waals surface area (Å²) in [6.07, 6.45) is -4.57. The summed E-state index contributed by atoms with van der Waals surface area (Å²) < 4.78 is 44.9. The number of thioether (sulfide) groups is 1. The zero-order valence-electron chi connectivity index (χ0n) is 13.8. The van der Waals surface area contributed by atoms with Gasteiger partial charge in [-0.15, -0.1) is 0 Å². The first-order valence-electron chi connectivity index (χ1n) is 7.78. The number of benzene rings is 2. The molecule has 0 fully saturated rings. The van der Waals surface area contributed by atoms with Crippen LogP contribution in [0.5, 0.6) is 11.6 Å². The second kappa shape index (κ2) is 7.78. The molecule has 0 aliphatic rings. The van der Waals surface area contributed by atoms with Crippen LogP contribution < -0.4 is 4.74 Å². The zero-order chi connectivity index (χ0) is 18.6. The van der Waals surface area contributed by atoms with Crippen LogP contribution in [0.3, 0.4) is 0 Å². The van der Waals surface area contributed by atoms with Crippen molar-refractivity contribution in [3.05, 3.63) is 77.5 Å². The fourth-order valence-electron chi connectivity index (χ4n) is 2.22. The largest absolute Gasteiger partial charge is 0.439 e. The van der Waals surface area contributed by atoms with Gasteiger partial charge in [-0.1, -0.05) is 59.8 Å². The molecule has 1 heterocycles. The van der Waals surface area contributed by atoms with Crippen LogP contribution in [0.4, 0.5) is 13.2 Å². The molecule has 0 atom stereocenters. The standard InChI is InChI=1S/C19H15F3N2OS/c1-13-6-5-7-14(10-13)12-26-18-23-16(19(20,21)22)11-17(24-18)25-15-8-3-2-4-9-15/h2-11H,12H2,1H3. The third-order valence-electron chi connectivity index (χ3n) is 3.39. The maximum absolute atomic E-state index is 13.1. The number of nitrogens with zero attached hydrogens (tertiary/aromatic N) is 2. The maximum Gasteiger partial charge on any atom is 0.433 e. The molecule has 3 nitrogen and oxygen atoms in total. The minimum absolute atomic E-state index is 0.0206. The maximum atomic E-state index is 13.1. The van der Waals surface area contributed by atoms with E-state index in [4.69, 9.17) is 4.74 Å². The number of halogens is 3. The molecule has 0 bridgehead atoms. The number of hydrogen-bond donors (Lipinski definition) is 0. The van der Waals surface area contributed by atoms with E-state index in [1.165, 1.54) is 0 Å². The van der Waals surface area contributed by atoms with Crippen molar-refractivity contribution >= 4 is 11.8 Å². The molecule has 0 radical (unpaired) electrons. The van der Waals surface area contributed by atoms with Gasteiger partial charge < -0.3 is 4.74 Å². The second-order valence-corrected chi connectivity index (χ2v) is 6.51. The number of rotatable bonds is 5. The highest BCUT2D eigenvalue weighted by Gasteiger charge is 2.34. The van der Waals surface area contributed by atoms with E-state index in [9.17, 15) is 13.2 Å². The summed E-state index contributed by atoms with van der Waals surface area (Å²) in [5, 5.41) is 0.0206. The summed E-state index contributed by atoms with van der Waals surface area (Å²) in [6.45, 7) is 1.96. The van der Waals surface area contributed by atoms with Gasteiger partial charge in [-0.2, -0.15) is 18.2 Å². The SMILES string of the molecule is Cc1cccc(CSc2nc(Oc3ccccc3)cc(C(F)(F)F)n2)c1. The van der Waals surface area contributed by atoms with Crippen LogP contribution in [0.1, 0.15) is 16.8 Å². The van der Waals surface area contributed by atoms with Crippen molar-refractivity contribution in [3.63, 3.8) is 0 Å². The van der Waals surface area contributed by atoms with E-state index in [-0.39, 0.29) is 11.0 Å². The van der Waals surface area contributed by atoms with Crippen molar-refractivity contribution in [1.82, 2.24) is 9.97 Å². The molecule has 0 unspecified atom stereocenters. The lowest BCUT2D eigenvalue weighted by atomic mass is 10.2. The average Bonchev–Trinajstić information content (AvgIpc) is 2.60. The number of alkyl halides is 3. The minimum Gasteiger partial charge on any atom is -0.439 e. The van der Waals surface area contributed by atoms with Crippen molar-refractivity contribution < 1.29 is 17.9 Å². The highest BCUT2D eigenvalue weighted by Crippen LogP contribution is 2.33. The van der Waals surface area contributed by atoms with Crippen LogP contribution in [-0.2, 0) is 11.9 Å². The van der Waals surface area contributed by atoms with Crippen LogP contribution in [0.2, 0.25) is 0 Å². The lowest BCUT2D eigenvalue weighted by Crippen LogP contribution is -2.10. The minimum atomic E-state index is -4.57. The molecule has 7 heteroatoms. The summed E-state index contributed by atoms with van der Waals surface area (Å²) in [4.78, 5) is 7.74. The van der Waals surface area contributed by atoms with Gasteiger partial charge in [0.25, 0.3) is 0 Å². The fourth-order valence-corrected chi connectivity index (χ4v) is 3.02. The Morgan fingerprint density at radius 1 is 0.962 bits per heavy atom. The van der Waals surface area contributed by atoms with E-state index in [1.807, 2.05) is 31.2 Å². The van der Waals surface area contributed by atoms with Gasteiger partial charge in [-0.25, -0.2) is 4.98 Å². The van der Waals surface area contributed by atoms with Gasteiger partial charge in [0.15, 0.2) is 10.9 Å². The summed E-state index contributed by atoms with van der Waals surface area (Å²) in [5.74, 6) is 0.743. The van der Waals surface area contributed by atoms with E-state index in [2.05, 4.69) is 9.97 Å². The van der Waals surface area contributed by atoms with Gasteiger partial charge in [0, 0.05) is 11.8 Å². The van der Waals surface area contributed by atoms with Gasteiger partial charge in [0.1, 0.15) is 5.75 Å². The Balaban J connectivity index is 1.85. The van der Waals surface area contributed by atoms with Gasteiger partial charge in [0.05, 0.1) is 0 Å². The predicted molar refractivity (Wildman–Crippen MR) is 94.3 cm³/mol. The lowest BCUT2D eigenvalue weighted by molar-refractivity contribution is -0.141. The van der Waals surface area contributed by atoms with E-state index in [0.29, 0.717) is 11.5 Å². The molecular formula is C19H15F3N2OS. The molecule has 1 aromatic heterocycles. The molecule has 3 aromatic rings. The Labute approximate surface area is 153 Å². The molecule has 0 saturated heterocycles. The number of aryl methyl sites for hydroxylation is 1. The number of aromatic nitrogens is 2. The topological polar surface area (TPSA) is 35.0 Å². The monoisotopic (exact) mass is 376 g/mol. The highest BCUT2D eigenvalue weighted by atomic mass is 32.2. The van der Waals surface area contributed by atoms with Crippen molar-refractivity contribution in [2.75, 3.05) is 0 Å². The van der Waals surface area contributed by atoms with Crippen LogP contribution in [-0.4, -0.2) is 9.97 Å². The van der Waals surface area contributed by atoms with Gasteiger partial charge >= 0.3 is 6.18 Å². The molecule has 3 rings (SSSR count). The third kappa shape index (κ3) is 4.98. The smallest absolute Gasteiger partial charge is 0.433 e. The number of ether oxygens (including phenoxy) is 1. The van der Waals surface area contributed by atoms with Crippen molar-refractivity contribution in [2.45, 2.75) is 24.0 Å². The number of para-hydroxylation sites is 1. The molecule has 0 amide bonds. The quantitative estimate of drug-likeness (QED) is 0.411. The van der Waals surface area contributed by atoms with E-state index >= 15 is 0 Å². The molecule has 2 aromatic carbocycles. The normalized spacial score (nSPS) is 11.4. The summed E-state index contributed by atoms with van der Waals surface area (Å²) in [5.41, 5.74) is 1.05. The van der Waals surface area contributed by atoms with Gasteiger partial charge in [0.2, 0.25) is 5.88 Å². The molecule has 0 aliphatic heterocycles. The van der Waals surface area contributed by atoms with Crippen LogP contribution in [0.25, 0.3) is 0 Å². The highest BCUT2D eigenvalue weighted by molar-refractivity contribution is 7.98. The van der Waals surface area contributed by atoms with E-state index in [1.54, 1.807) is 30.3 Å². The molecule has 0 spiro atoms.